The number of carbonyl (C=O) groups is 2. The Morgan fingerprint density at radius 2 is 1.17 bits per heavy atom. The smallest absolute Gasteiger partial charge is 0.305 e. The minimum absolute atomic E-state index is 0.00715. The molecule has 190 valence electrons. The van der Waals surface area contributed by atoms with E-state index in [9.17, 15) is 9.59 Å². The number of hydrogen-bond acceptors (Lipinski definition) is 6. The first-order chi connectivity index (χ1) is 17.6. The highest BCUT2D eigenvalue weighted by Gasteiger charge is 2.14. The van der Waals surface area contributed by atoms with Crippen LogP contribution in [0.2, 0.25) is 0 Å². The number of amides is 1. The molecule has 0 saturated heterocycles. The number of hydrogen-bond donors (Lipinski definition) is 2. The highest BCUT2D eigenvalue weighted by Crippen LogP contribution is 2.35. The average molecular weight is 494 g/mol. The van der Waals surface area contributed by atoms with Crippen molar-refractivity contribution in [1.82, 2.24) is 5.32 Å². The summed E-state index contributed by atoms with van der Waals surface area (Å²) in [5.74, 6) is -0.991. The molecular weight excluding hydrogens is 462 g/mol. The Morgan fingerprint density at radius 1 is 0.639 bits per heavy atom. The molecule has 1 amide bonds. The van der Waals surface area contributed by atoms with Crippen molar-refractivity contribution in [3.63, 3.8) is 0 Å². The van der Waals surface area contributed by atoms with Gasteiger partial charge in [0.15, 0.2) is 0 Å². The number of carboxylic acids is 1. The Balaban J connectivity index is 1.12. The zero-order valence-corrected chi connectivity index (χ0v) is 20.2. The summed E-state index contributed by atoms with van der Waals surface area (Å²) in [7, 11) is 0. The zero-order chi connectivity index (χ0) is 25.2. The first kappa shape index (κ1) is 25.8. The van der Waals surface area contributed by atoms with Gasteiger partial charge in [0, 0.05) is 12.1 Å². The molecule has 36 heavy (non-hydrogen) atoms. The molecule has 8 heteroatoms. The molecule has 0 saturated carbocycles. The number of benzene rings is 4. The second kappa shape index (κ2) is 13.1. The Labute approximate surface area is 209 Å². The molecular formula is C28H31NO7. The standard InChI is InChI=1S/C28H31NO7/c30-25(31)10-12-33-14-16-35-18-19-36-17-15-34-13-11-29-28(32)24-9-7-22-5-4-20-2-1-3-21-6-8-23(24)27(22)26(20)21/h1-9H,10-19H2,(H,29,32)(H,30,31). The summed E-state index contributed by atoms with van der Waals surface area (Å²) in [6.07, 6.45) is -0.00715. The van der Waals surface area contributed by atoms with E-state index in [0.29, 0.717) is 58.4 Å². The van der Waals surface area contributed by atoms with Gasteiger partial charge in [0.2, 0.25) is 0 Å². The number of nitrogens with one attached hydrogen (secondary N) is 1. The maximum absolute atomic E-state index is 12.9. The molecule has 0 fully saturated rings. The van der Waals surface area contributed by atoms with E-state index in [1.54, 1.807) is 0 Å². The van der Waals surface area contributed by atoms with Crippen molar-refractivity contribution in [2.75, 3.05) is 59.4 Å². The third-order valence-corrected chi connectivity index (χ3v) is 5.88. The van der Waals surface area contributed by atoms with Crippen LogP contribution >= 0.6 is 0 Å². The van der Waals surface area contributed by atoms with Crippen LogP contribution in [0.4, 0.5) is 0 Å². The van der Waals surface area contributed by atoms with E-state index < -0.39 is 5.97 Å². The molecule has 0 aromatic heterocycles. The molecule has 4 aromatic carbocycles. The van der Waals surface area contributed by atoms with Crippen LogP contribution in [-0.2, 0) is 23.7 Å². The third-order valence-electron chi connectivity index (χ3n) is 5.88. The highest BCUT2D eigenvalue weighted by atomic mass is 16.6. The molecule has 0 atom stereocenters. The summed E-state index contributed by atoms with van der Waals surface area (Å²) in [6.45, 7) is 3.46. The minimum Gasteiger partial charge on any atom is -0.481 e. The predicted octanol–water partition coefficient (Wildman–Crippen LogP) is 3.85. The van der Waals surface area contributed by atoms with Crippen molar-refractivity contribution < 1.29 is 33.6 Å². The number of carboxylic acid groups (broad SMARTS) is 1. The molecule has 0 spiro atoms. The summed E-state index contributed by atoms with van der Waals surface area (Å²) in [5, 5.41) is 18.2. The molecule has 0 unspecified atom stereocenters. The SMILES string of the molecule is O=C(O)CCOCCOCCOCCOCCNC(=O)c1ccc2ccc3cccc4ccc1c2c34. The topological polar surface area (TPSA) is 103 Å². The summed E-state index contributed by atoms with van der Waals surface area (Å²) < 4.78 is 21.4. The van der Waals surface area contributed by atoms with Crippen molar-refractivity contribution in [3.05, 3.63) is 60.2 Å². The molecule has 2 N–H and O–H groups in total. The second-order valence-corrected chi connectivity index (χ2v) is 8.32. The Bertz CT molecular complexity index is 1270. The Morgan fingerprint density at radius 3 is 1.81 bits per heavy atom. The maximum atomic E-state index is 12.9. The number of aliphatic carboxylic acids is 1. The molecule has 0 heterocycles. The van der Waals surface area contributed by atoms with Crippen LogP contribution in [0.25, 0.3) is 32.3 Å². The highest BCUT2D eigenvalue weighted by molar-refractivity contribution is 6.26. The van der Waals surface area contributed by atoms with E-state index in [4.69, 9.17) is 24.1 Å². The number of ether oxygens (including phenoxy) is 4. The molecule has 4 rings (SSSR count). The van der Waals surface area contributed by atoms with Crippen LogP contribution in [0.5, 0.6) is 0 Å². The fourth-order valence-corrected chi connectivity index (χ4v) is 4.19. The lowest BCUT2D eigenvalue weighted by molar-refractivity contribution is -0.138. The molecule has 0 aliphatic rings. The lowest BCUT2D eigenvalue weighted by Gasteiger charge is -2.14. The fraction of sp³-hybridized carbons (Fsp3) is 0.357. The van der Waals surface area contributed by atoms with Crippen molar-refractivity contribution in [1.29, 1.82) is 0 Å². The molecule has 4 aromatic rings. The lowest BCUT2D eigenvalue weighted by Crippen LogP contribution is -2.27. The van der Waals surface area contributed by atoms with Gasteiger partial charge < -0.3 is 29.4 Å². The second-order valence-electron chi connectivity index (χ2n) is 8.32. The maximum Gasteiger partial charge on any atom is 0.305 e. The summed E-state index contributed by atoms with van der Waals surface area (Å²) in [4.78, 5) is 23.2. The summed E-state index contributed by atoms with van der Waals surface area (Å²) in [5.41, 5.74) is 0.663. The van der Waals surface area contributed by atoms with Crippen LogP contribution in [-0.4, -0.2) is 76.4 Å². The van der Waals surface area contributed by atoms with Crippen molar-refractivity contribution in [2.45, 2.75) is 6.42 Å². The van der Waals surface area contributed by atoms with E-state index in [1.807, 2.05) is 18.2 Å². The normalized spacial score (nSPS) is 11.6. The lowest BCUT2D eigenvalue weighted by atomic mass is 9.92. The minimum atomic E-state index is -0.877. The molecule has 0 bridgehead atoms. The van der Waals surface area contributed by atoms with Gasteiger partial charge in [-0.2, -0.15) is 0 Å². The molecule has 0 radical (unpaired) electrons. The van der Waals surface area contributed by atoms with E-state index in [0.717, 1.165) is 16.2 Å². The van der Waals surface area contributed by atoms with E-state index in [1.165, 1.54) is 16.2 Å². The van der Waals surface area contributed by atoms with E-state index >= 15 is 0 Å². The molecule has 0 aliphatic carbocycles. The third kappa shape index (κ3) is 6.67. The Kier molecular flexibility index (Phi) is 9.40. The first-order valence-corrected chi connectivity index (χ1v) is 12.1. The monoisotopic (exact) mass is 493 g/mol. The van der Waals surface area contributed by atoms with E-state index in [2.05, 4.69) is 41.7 Å². The van der Waals surface area contributed by atoms with Crippen molar-refractivity contribution in [2.24, 2.45) is 0 Å². The van der Waals surface area contributed by atoms with Crippen LogP contribution < -0.4 is 5.32 Å². The van der Waals surface area contributed by atoms with Crippen LogP contribution in [0.3, 0.4) is 0 Å². The molecule has 0 aliphatic heterocycles. The predicted molar refractivity (Wildman–Crippen MR) is 138 cm³/mol. The van der Waals surface area contributed by atoms with Gasteiger partial charge in [-0.3, -0.25) is 9.59 Å². The van der Waals surface area contributed by atoms with Gasteiger partial charge in [-0.05, 0) is 38.4 Å². The summed E-state index contributed by atoms with van der Waals surface area (Å²) >= 11 is 0. The Hall–Kier alpha value is -3.30. The zero-order valence-electron chi connectivity index (χ0n) is 20.2. The van der Waals surface area contributed by atoms with Crippen molar-refractivity contribution >= 4 is 44.2 Å². The van der Waals surface area contributed by atoms with Gasteiger partial charge in [-0.1, -0.05) is 48.5 Å². The van der Waals surface area contributed by atoms with Gasteiger partial charge in [0.1, 0.15) is 0 Å². The fourth-order valence-electron chi connectivity index (χ4n) is 4.19. The van der Waals surface area contributed by atoms with Gasteiger partial charge in [0.25, 0.3) is 5.91 Å². The quantitative estimate of drug-likeness (QED) is 0.180. The summed E-state index contributed by atoms with van der Waals surface area (Å²) in [6, 6.07) is 18.5. The van der Waals surface area contributed by atoms with Gasteiger partial charge in [-0.25, -0.2) is 0 Å². The van der Waals surface area contributed by atoms with Crippen LogP contribution in [0.15, 0.2) is 54.6 Å². The largest absolute Gasteiger partial charge is 0.481 e. The van der Waals surface area contributed by atoms with Gasteiger partial charge in [0.05, 0.1) is 59.3 Å². The van der Waals surface area contributed by atoms with Gasteiger partial charge in [-0.15, -0.1) is 0 Å². The van der Waals surface area contributed by atoms with Crippen LogP contribution in [0.1, 0.15) is 16.8 Å². The number of rotatable bonds is 16. The van der Waals surface area contributed by atoms with E-state index in [-0.39, 0.29) is 18.9 Å². The molecule has 8 nitrogen and oxygen atoms in total. The van der Waals surface area contributed by atoms with Crippen molar-refractivity contribution in [3.8, 4) is 0 Å². The van der Waals surface area contributed by atoms with Crippen LogP contribution in [0, 0.1) is 0 Å². The van der Waals surface area contributed by atoms with Gasteiger partial charge >= 0.3 is 5.97 Å². The number of carbonyl (C=O) groups excluding carboxylic acids is 1. The average Bonchev–Trinajstić information content (AvgIpc) is 2.89. The first-order valence-electron chi connectivity index (χ1n) is 12.1.